The molecule has 18 heavy (non-hydrogen) atoms. The van der Waals surface area contributed by atoms with E-state index in [9.17, 15) is 14.0 Å². The van der Waals surface area contributed by atoms with Gasteiger partial charge in [-0.15, -0.1) is 0 Å². The number of alkyl halides is 1. The lowest BCUT2D eigenvalue weighted by Gasteiger charge is -2.33. The highest BCUT2D eigenvalue weighted by Gasteiger charge is 2.31. The highest BCUT2D eigenvalue weighted by Crippen LogP contribution is 2.20. The van der Waals surface area contributed by atoms with Crippen molar-refractivity contribution in [3.05, 3.63) is 0 Å². The number of Topliss-reactive ketones (excluding diaryl/α,β-unsaturated/α-hetero) is 1. The van der Waals surface area contributed by atoms with Gasteiger partial charge in [-0.3, -0.25) is 9.18 Å². The first-order chi connectivity index (χ1) is 8.33. The van der Waals surface area contributed by atoms with Crippen molar-refractivity contribution in [3.63, 3.8) is 0 Å². The van der Waals surface area contributed by atoms with E-state index in [1.165, 1.54) is 0 Å². The number of ether oxygens (including phenoxy) is 1. The minimum atomic E-state index is -0.535. The minimum Gasteiger partial charge on any atom is -0.444 e. The maximum absolute atomic E-state index is 12.1. The Morgan fingerprint density at radius 2 is 2.17 bits per heavy atom. The zero-order chi connectivity index (χ0) is 13.8. The third-order valence-electron chi connectivity index (χ3n) is 2.86. The molecule has 0 radical (unpaired) electrons. The first-order valence-electron chi connectivity index (χ1n) is 6.40. The van der Waals surface area contributed by atoms with Crippen molar-refractivity contribution >= 4 is 11.9 Å². The molecule has 0 N–H and O–H groups in total. The molecule has 1 saturated heterocycles. The van der Waals surface area contributed by atoms with Gasteiger partial charge in [-0.2, -0.15) is 0 Å². The first-order valence-corrected chi connectivity index (χ1v) is 6.40. The number of amides is 1. The molecule has 1 aliphatic heterocycles. The van der Waals surface area contributed by atoms with Crippen molar-refractivity contribution in [1.29, 1.82) is 0 Å². The van der Waals surface area contributed by atoms with Crippen LogP contribution in [-0.4, -0.2) is 42.1 Å². The van der Waals surface area contributed by atoms with E-state index in [2.05, 4.69) is 0 Å². The van der Waals surface area contributed by atoms with Crippen LogP contribution in [0.5, 0.6) is 0 Å². The maximum Gasteiger partial charge on any atom is 0.410 e. The van der Waals surface area contributed by atoms with E-state index >= 15 is 0 Å². The van der Waals surface area contributed by atoms with Crippen LogP contribution < -0.4 is 0 Å². The summed E-state index contributed by atoms with van der Waals surface area (Å²) in [5, 5.41) is 0. The number of piperidine rings is 1. The lowest BCUT2D eigenvalue weighted by atomic mass is 9.92. The fourth-order valence-corrected chi connectivity index (χ4v) is 1.98. The smallest absolute Gasteiger partial charge is 0.410 e. The van der Waals surface area contributed by atoms with Crippen molar-refractivity contribution in [2.45, 2.75) is 45.6 Å². The fourth-order valence-electron chi connectivity index (χ4n) is 1.98. The van der Waals surface area contributed by atoms with Crippen LogP contribution in [0, 0.1) is 5.92 Å². The van der Waals surface area contributed by atoms with E-state index in [1.807, 2.05) is 0 Å². The van der Waals surface area contributed by atoms with Crippen molar-refractivity contribution in [2.24, 2.45) is 5.92 Å². The Bertz CT molecular complexity index is 312. The van der Waals surface area contributed by atoms with Gasteiger partial charge >= 0.3 is 6.09 Å². The molecule has 0 aliphatic carbocycles. The monoisotopic (exact) mass is 259 g/mol. The molecule has 5 heteroatoms. The van der Waals surface area contributed by atoms with Gasteiger partial charge in [-0.25, -0.2) is 4.79 Å². The van der Waals surface area contributed by atoms with Gasteiger partial charge in [0.05, 0.1) is 6.67 Å². The zero-order valence-electron chi connectivity index (χ0n) is 11.4. The van der Waals surface area contributed by atoms with Gasteiger partial charge in [0.25, 0.3) is 0 Å². The van der Waals surface area contributed by atoms with Crippen LogP contribution in [0.4, 0.5) is 9.18 Å². The van der Waals surface area contributed by atoms with Gasteiger partial charge in [-0.1, -0.05) is 0 Å². The van der Waals surface area contributed by atoms with Crippen LogP contribution in [0.2, 0.25) is 0 Å². The number of carbonyl (C=O) groups excluding carboxylic acids is 2. The Morgan fingerprint density at radius 3 is 2.72 bits per heavy atom. The molecule has 0 saturated carbocycles. The molecule has 1 amide bonds. The predicted octanol–water partition coefficient (Wildman–Crippen LogP) is 2.56. The first kappa shape index (κ1) is 14.9. The second-order valence-electron chi connectivity index (χ2n) is 5.67. The molecule has 0 aromatic carbocycles. The second kappa shape index (κ2) is 6.16. The minimum absolute atomic E-state index is 0.128. The third-order valence-corrected chi connectivity index (χ3v) is 2.86. The van der Waals surface area contributed by atoms with Gasteiger partial charge in [-0.05, 0) is 33.6 Å². The quantitative estimate of drug-likeness (QED) is 0.782. The molecule has 1 unspecified atom stereocenters. The van der Waals surface area contributed by atoms with E-state index < -0.39 is 12.3 Å². The van der Waals surface area contributed by atoms with Crippen molar-refractivity contribution < 1.29 is 18.7 Å². The van der Waals surface area contributed by atoms with E-state index in [0.717, 1.165) is 0 Å². The summed E-state index contributed by atoms with van der Waals surface area (Å²) in [6.07, 6.45) is 0.837. The molecule has 0 spiro atoms. The molecule has 0 aromatic heterocycles. The van der Waals surface area contributed by atoms with Crippen molar-refractivity contribution in [2.75, 3.05) is 19.8 Å². The molecule has 4 nitrogen and oxygen atoms in total. The summed E-state index contributed by atoms with van der Waals surface area (Å²) in [4.78, 5) is 25.1. The average Bonchev–Trinajstić information content (AvgIpc) is 2.25. The standard InChI is InChI=1S/C13H22FNO3/c1-13(2,3)18-12(17)15-8-6-11(16)10(9-15)5-4-7-14/h10H,4-9H2,1-3H3. The van der Waals surface area contributed by atoms with Crippen LogP contribution in [0.1, 0.15) is 40.0 Å². The Hall–Kier alpha value is -1.13. The van der Waals surface area contributed by atoms with E-state index in [4.69, 9.17) is 4.74 Å². The highest BCUT2D eigenvalue weighted by molar-refractivity contribution is 5.84. The number of carbonyl (C=O) groups is 2. The number of hydrogen-bond acceptors (Lipinski definition) is 3. The molecule has 1 heterocycles. The molecule has 0 bridgehead atoms. The third kappa shape index (κ3) is 4.63. The summed E-state index contributed by atoms with van der Waals surface area (Å²) in [7, 11) is 0. The molecule has 1 aliphatic rings. The molecule has 104 valence electrons. The van der Waals surface area contributed by atoms with Gasteiger partial charge in [0.2, 0.25) is 0 Å². The predicted molar refractivity (Wildman–Crippen MR) is 66.1 cm³/mol. The molecule has 0 aromatic rings. The summed E-state index contributed by atoms with van der Waals surface area (Å²) < 4.78 is 17.4. The molecular formula is C13H22FNO3. The highest BCUT2D eigenvalue weighted by atomic mass is 19.1. The van der Waals surface area contributed by atoms with Gasteiger partial charge in [0, 0.05) is 25.4 Å². The van der Waals surface area contributed by atoms with Gasteiger partial charge < -0.3 is 9.64 Å². The Balaban J connectivity index is 2.53. The molecule has 1 atom stereocenters. The maximum atomic E-state index is 12.1. The Morgan fingerprint density at radius 1 is 1.50 bits per heavy atom. The molecular weight excluding hydrogens is 237 g/mol. The number of ketones is 1. The summed E-state index contributed by atoms with van der Waals surface area (Å²) in [6, 6.07) is 0. The number of hydrogen-bond donors (Lipinski definition) is 0. The number of likely N-dealkylation sites (tertiary alicyclic amines) is 1. The lowest BCUT2D eigenvalue weighted by molar-refractivity contribution is -0.126. The van der Waals surface area contributed by atoms with E-state index in [-0.39, 0.29) is 17.8 Å². The molecule has 1 rings (SSSR count). The fraction of sp³-hybridized carbons (Fsp3) is 0.846. The summed E-state index contributed by atoms with van der Waals surface area (Å²) >= 11 is 0. The van der Waals surface area contributed by atoms with Crippen molar-refractivity contribution in [1.82, 2.24) is 4.90 Å². The number of halogens is 1. The summed E-state index contributed by atoms with van der Waals surface area (Å²) in [5.74, 6) is -0.106. The number of nitrogens with zero attached hydrogens (tertiary/aromatic N) is 1. The van der Waals surface area contributed by atoms with Gasteiger partial charge in [0.15, 0.2) is 0 Å². The van der Waals surface area contributed by atoms with Gasteiger partial charge in [0.1, 0.15) is 11.4 Å². The van der Waals surface area contributed by atoms with E-state index in [0.29, 0.717) is 32.4 Å². The Labute approximate surface area is 107 Å². The second-order valence-corrected chi connectivity index (χ2v) is 5.67. The topological polar surface area (TPSA) is 46.6 Å². The molecule has 1 fully saturated rings. The van der Waals surface area contributed by atoms with Crippen LogP contribution in [-0.2, 0) is 9.53 Å². The normalized spacial score (nSPS) is 21.0. The Kier molecular flexibility index (Phi) is 5.11. The van der Waals surface area contributed by atoms with Crippen LogP contribution >= 0.6 is 0 Å². The van der Waals surface area contributed by atoms with Crippen molar-refractivity contribution in [3.8, 4) is 0 Å². The van der Waals surface area contributed by atoms with Crippen LogP contribution in [0.25, 0.3) is 0 Å². The SMILES string of the molecule is CC(C)(C)OC(=O)N1CCC(=O)C(CCCF)C1. The van der Waals surface area contributed by atoms with E-state index in [1.54, 1.807) is 25.7 Å². The average molecular weight is 259 g/mol. The largest absolute Gasteiger partial charge is 0.444 e. The number of rotatable bonds is 3. The summed E-state index contributed by atoms with van der Waals surface area (Å²) in [5.41, 5.74) is -0.535. The zero-order valence-corrected chi connectivity index (χ0v) is 11.4. The summed E-state index contributed by atoms with van der Waals surface area (Å²) in [6.45, 7) is 5.76. The lowest BCUT2D eigenvalue weighted by Crippen LogP contribution is -2.46. The van der Waals surface area contributed by atoms with Crippen LogP contribution in [0.15, 0.2) is 0 Å². The van der Waals surface area contributed by atoms with Crippen LogP contribution in [0.3, 0.4) is 0 Å².